The number of nitrogens with one attached hydrogen (secondary N) is 1. The van der Waals surface area contributed by atoms with E-state index in [0.717, 1.165) is 25.7 Å². The summed E-state index contributed by atoms with van der Waals surface area (Å²) in [5.41, 5.74) is -0.160. The average Bonchev–Trinajstić information content (AvgIpc) is 2.28. The largest absolute Gasteiger partial charge is 0.394 e. The molecule has 0 aromatic heterocycles. The van der Waals surface area contributed by atoms with Crippen molar-refractivity contribution in [1.29, 1.82) is 0 Å². The van der Waals surface area contributed by atoms with Gasteiger partial charge in [-0.25, -0.2) is 0 Å². The second-order valence-electron chi connectivity index (χ2n) is 4.49. The van der Waals surface area contributed by atoms with Gasteiger partial charge in [-0.3, -0.25) is 0 Å². The standard InChI is InChI=1S/C11H23NO3/c1-15-8-10(14)7-12-11(9-13)5-3-2-4-6-11/h10,12-14H,2-9H2,1H3. The van der Waals surface area contributed by atoms with Crippen molar-refractivity contribution in [3.05, 3.63) is 0 Å². The Morgan fingerprint density at radius 2 is 2.00 bits per heavy atom. The third kappa shape index (κ3) is 4.07. The van der Waals surface area contributed by atoms with Crippen molar-refractivity contribution in [1.82, 2.24) is 5.32 Å². The van der Waals surface area contributed by atoms with E-state index < -0.39 is 6.10 Å². The van der Waals surface area contributed by atoms with Crippen LogP contribution in [0.3, 0.4) is 0 Å². The molecule has 15 heavy (non-hydrogen) atoms. The van der Waals surface area contributed by atoms with E-state index in [2.05, 4.69) is 5.32 Å². The van der Waals surface area contributed by atoms with Gasteiger partial charge in [0.1, 0.15) is 0 Å². The van der Waals surface area contributed by atoms with Crippen molar-refractivity contribution < 1.29 is 14.9 Å². The molecule has 0 aliphatic heterocycles. The smallest absolute Gasteiger partial charge is 0.0897 e. The summed E-state index contributed by atoms with van der Waals surface area (Å²) in [6.07, 6.45) is 5.10. The molecule has 0 saturated heterocycles. The highest BCUT2D eigenvalue weighted by atomic mass is 16.5. The zero-order chi connectivity index (χ0) is 11.1. The molecule has 90 valence electrons. The molecule has 0 amide bonds. The zero-order valence-electron chi connectivity index (χ0n) is 9.54. The SMILES string of the molecule is COCC(O)CNC1(CO)CCCCC1. The first-order valence-corrected chi connectivity index (χ1v) is 5.75. The van der Waals surface area contributed by atoms with Gasteiger partial charge in [0.05, 0.1) is 19.3 Å². The Morgan fingerprint density at radius 3 is 2.53 bits per heavy atom. The first-order valence-electron chi connectivity index (χ1n) is 5.75. The first-order chi connectivity index (χ1) is 7.22. The van der Waals surface area contributed by atoms with Crippen molar-refractivity contribution in [3.63, 3.8) is 0 Å². The van der Waals surface area contributed by atoms with Crippen LogP contribution < -0.4 is 5.32 Å². The first kappa shape index (κ1) is 12.9. The van der Waals surface area contributed by atoms with Gasteiger partial charge in [-0.1, -0.05) is 19.3 Å². The van der Waals surface area contributed by atoms with Crippen LogP contribution >= 0.6 is 0 Å². The molecular weight excluding hydrogens is 194 g/mol. The zero-order valence-corrected chi connectivity index (χ0v) is 9.54. The van der Waals surface area contributed by atoms with E-state index in [1.165, 1.54) is 6.42 Å². The predicted molar refractivity (Wildman–Crippen MR) is 58.8 cm³/mol. The highest BCUT2D eigenvalue weighted by molar-refractivity contribution is 4.90. The van der Waals surface area contributed by atoms with Crippen LogP contribution in [0.1, 0.15) is 32.1 Å². The quantitative estimate of drug-likeness (QED) is 0.598. The van der Waals surface area contributed by atoms with E-state index in [-0.39, 0.29) is 12.1 Å². The van der Waals surface area contributed by atoms with Crippen molar-refractivity contribution in [2.45, 2.75) is 43.7 Å². The molecule has 0 heterocycles. The molecule has 1 unspecified atom stereocenters. The lowest BCUT2D eigenvalue weighted by Gasteiger charge is -2.37. The Labute approximate surface area is 91.6 Å². The molecule has 1 saturated carbocycles. The summed E-state index contributed by atoms with van der Waals surface area (Å²) < 4.78 is 4.86. The maximum absolute atomic E-state index is 9.52. The molecule has 4 nitrogen and oxygen atoms in total. The molecule has 1 atom stereocenters. The van der Waals surface area contributed by atoms with Crippen LogP contribution in [0.25, 0.3) is 0 Å². The minimum absolute atomic E-state index is 0.159. The summed E-state index contributed by atoms with van der Waals surface area (Å²) in [5.74, 6) is 0. The van der Waals surface area contributed by atoms with Crippen LogP contribution in [0.5, 0.6) is 0 Å². The third-order valence-corrected chi connectivity index (χ3v) is 3.19. The van der Waals surface area contributed by atoms with Crippen molar-refractivity contribution in [2.75, 3.05) is 26.9 Å². The Kier molecular flexibility index (Phi) is 5.53. The van der Waals surface area contributed by atoms with E-state index in [9.17, 15) is 10.2 Å². The van der Waals surface area contributed by atoms with Crippen LogP contribution in [0.15, 0.2) is 0 Å². The number of methoxy groups -OCH3 is 1. The van der Waals surface area contributed by atoms with Gasteiger partial charge in [-0.05, 0) is 12.8 Å². The second kappa shape index (κ2) is 6.43. The van der Waals surface area contributed by atoms with Crippen LogP contribution in [0, 0.1) is 0 Å². The van der Waals surface area contributed by atoms with E-state index >= 15 is 0 Å². The maximum atomic E-state index is 9.52. The summed E-state index contributed by atoms with van der Waals surface area (Å²) in [7, 11) is 1.58. The topological polar surface area (TPSA) is 61.7 Å². The van der Waals surface area contributed by atoms with Gasteiger partial charge in [0, 0.05) is 19.2 Å². The van der Waals surface area contributed by atoms with Gasteiger partial charge >= 0.3 is 0 Å². The molecule has 4 heteroatoms. The molecule has 1 aliphatic rings. The van der Waals surface area contributed by atoms with Crippen LogP contribution in [-0.2, 0) is 4.74 Å². The number of ether oxygens (including phenoxy) is 1. The van der Waals surface area contributed by atoms with Gasteiger partial charge < -0.3 is 20.3 Å². The van der Waals surface area contributed by atoms with Crippen molar-refractivity contribution in [2.24, 2.45) is 0 Å². The molecule has 0 spiro atoms. The summed E-state index contributed by atoms with van der Waals surface area (Å²) in [5, 5.41) is 22.2. The lowest BCUT2D eigenvalue weighted by Crippen LogP contribution is -2.52. The number of β-amino-alcohol motifs (C(OH)–C–C–N with tert-alkyl or cyclic N) is 1. The van der Waals surface area contributed by atoms with Gasteiger partial charge in [-0.15, -0.1) is 0 Å². The Morgan fingerprint density at radius 1 is 1.33 bits per heavy atom. The van der Waals surface area contributed by atoms with Gasteiger partial charge in [0.25, 0.3) is 0 Å². The Bertz CT molecular complexity index is 169. The highest BCUT2D eigenvalue weighted by Gasteiger charge is 2.30. The molecule has 0 aromatic carbocycles. The fourth-order valence-corrected chi connectivity index (χ4v) is 2.20. The summed E-state index contributed by atoms with van der Waals surface area (Å²) in [6.45, 7) is 0.996. The van der Waals surface area contributed by atoms with Crippen LogP contribution in [-0.4, -0.2) is 48.7 Å². The summed E-state index contributed by atoms with van der Waals surface area (Å²) in [6, 6.07) is 0. The van der Waals surface area contributed by atoms with E-state index in [4.69, 9.17) is 4.74 Å². The number of aliphatic hydroxyl groups is 2. The Hall–Kier alpha value is -0.160. The third-order valence-electron chi connectivity index (χ3n) is 3.19. The fourth-order valence-electron chi connectivity index (χ4n) is 2.20. The number of aliphatic hydroxyl groups excluding tert-OH is 2. The number of hydrogen-bond acceptors (Lipinski definition) is 4. The van der Waals surface area contributed by atoms with Crippen LogP contribution in [0.2, 0.25) is 0 Å². The van der Waals surface area contributed by atoms with E-state index in [1.807, 2.05) is 0 Å². The van der Waals surface area contributed by atoms with Crippen molar-refractivity contribution >= 4 is 0 Å². The molecule has 0 aromatic rings. The molecule has 3 N–H and O–H groups in total. The predicted octanol–water partition coefficient (Wildman–Crippen LogP) is 0.278. The van der Waals surface area contributed by atoms with Gasteiger partial charge in [-0.2, -0.15) is 0 Å². The average molecular weight is 217 g/mol. The molecule has 1 rings (SSSR count). The lowest BCUT2D eigenvalue weighted by molar-refractivity contribution is 0.0460. The van der Waals surface area contributed by atoms with E-state index in [1.54, 1.807) is 7.11 Å². The van der Waals surface area contributed by atoms with Crippen molar-refractivity contribution in [3.8, 4) is 0 Å². The normalized spacial score (nSPS) is 22.6. The minimum Gasteiger partial charge on any atom is -0.394 e. The molecule has 0 radical (unpaired) electrons. The molecular formula is C11H23NO3. The fraction of sp³-hybridized carbons (Fsp3) is 1.00. The molecule has 1 fully saturated rings. The maximum Gasteiger partial charge on any atom is 0.0897 e. The minimum atomic E-state index is -0.486. The van der Waals surface area contributed by atoms with Crippen LogP contribution in [0.4, 0.5) is 0 Å². The van der Waals surface area contributed by atoms with E-state index in [0.29, 0.717) is 13.2 Å². The second-order valence-corrected chi connectivity index (χ2v) is 4.49. The lowest BCUT2D eigenvalue weighted by atomic mass is 9.82. The van der Waals surface area contributed by atoms with Gasteiger partial charge in [0.2, 0.25) is 0 Å². The van der Waals surface area contributed by atoms with Gasteiger partial charge in [0.15, 0.2) is 0 Å². The summed E-state index contributed by atoms with van der Waals surface area (Å²) >= 11 is 0. The number of hydrogen-bond donors (Lipinski definition) is 3. The summed E-state index contributed by atoms with van der Waals surface area (Å²) in [4.78, 5) is 0. The molecule has 1 aliphatic carbocycles. The Balaban J connectivity index is 2.32. The molecule has 0 bridgehead atoms. The highest BCUT2D eigenvalue weighted by Crippen LogP contribution is 2.27. The number of rotatable bonds is 6. The monoisotopic (exact) mass is 217 g/mol.